The zero-order valence-corrected chi connectivity index (χ0v) is 15.9. The molecule has 1 aliphatic carbocycles. The first-order valence-corrected chi connectivity index (χ1v) is 9.86. The van der Waals surface area contributed by atoms with Gasteiger partial charge in [-0.2, -0.15) is 0 Å². The predicted octanol–water partition coefficient (Wildman–Crippen LogP) is 5.16. The molecule has 132 valence electrons. The largest absolute Gasteiger partial charge is 0.293 e. The highest BCUT2D eigenvalue weighted by Crippen LogP contribution is 2.41. The van der Waals surface area contributed by atoms with Crippen LogP contribution in [0.3, 0.4) is 0 Å². The molecule has 1 fully saturated rings. The average Bonchev–Trinajstić information content (AvgIpc) is 3.42. The van der Waals surface area contributed by atoms with Gasteiger partial charge in [-0.1, -0.05) is 53.7 Å². The van der Waals surface area contributed by atoms with Crippen LogP contribution < -0.4 is 0 Å². The van der Waals surface area contributed by atoms with Crippen LogP contribution in [0.1, 0.15) is 41.9 Å². The first-order valence-electron chi connectivity index (χ1n) is 8.60. The SMILES string of the molecule is CC(Sc1nnc(C2CC2)n1-c1ccccc1)C(=O)c1cccc(Cl)c1. The second-order valence-electron chi connectivity index (χ2n) is 6.42. The van der Waals surface area contributed by atoms with Crippen LogP contribution in [0.2, 0.25) is 5.02 Å². The van der Waals surface area contributed by atoms with E-state index in [1.807, 2.05) is 37.3 Å². The number of carbonyl (C=O) groups excluding carboxylic acids is 1. The lowest BCUT2D eigenvalue weighted by molar-refractivity contribution is 0.0994. The second kappa shape index (κ2) is 7.25. The maximum Gasteiger partial charge on any atom is 0.196 e. The lowest BCUT2D eigenvalue weighted by Crippen LogP contribution is -2.14. The van der Waals surface area contributed by atoms with Gasteiger partial charge in [0.05, 0.1) is 5.25 Å². The highest BCUT2D eigenvalue weighted by atomic mass is 35.5. The summed E-state index contributed by atoms with van der Waals surface area (Å²) in [6, 6.07) is 17.1. The normalized spacial score (nSPS) is 15.0. The average molecular weight is 384 g/mol. The van der Waals surface area contributed by atoms with Crippen molar-refractivity contribution in [2.24, 2.45) is 0 Å². The quantitative estimate of drug-likeness (QED) is 0.435. The molecule has 1 aromatic heterocycles. The molecule has 2 aromatic carbocycles. The van der Waals surface area contributed by atoms with E-state index in [1.54, 1.807) is 24.3 Å². The van der Waals surface area contributed by atoms with Crippen LogP contribution in [0.25, 0.3) is 5.69 Å². The molecule has 0 aliphatic heterocycles. The Labute approximate surface area is 161 Å². The van der Waals surface area contributed by atoms with E-state index in [4.69, 9.17) is 11.6 Å². The first-order chi connectivity index (χ1) is 12.6. The molecular weight excluding hydrogens is 366 g/mol. The number of ketones is 1. The van der Waals surface area contributed by atoms with Gasteiger partial charge in [0.15, 0.2) is 10.9 Å². The van der Waals surface area contributed by atoms with Crippen LogP contribution in [0.4, 0.5) is 0 Å². The zero-order valence-electron chi connectivity index (χ0n) is 14.3. The van der Waals surface area contributed by atoms with Crippen molar-refractivity contribution in [3.8, 4) is 5.69 Å². The molecule has 6 heteroatoms. The lowest BCUT2D eigenvalue weighted by atomic mass is 10.1. The predicted molar refractivity (Wildman–Crippen MR) is 104 cm³/mol. The summed E-state index contributed by atoms with van der Waals surface area (Å²) in [5.74, 6) is 1.49. The summed E-state index contributed by atoms with van der Waals surface area (Å²) < 4.78 is 2.09. The van der Waals surface area contributed by atoms with Gasteiger partial charge in [-0.15, -0.1) is 10.2 Å². The summed E-state index contributed by atoms with van der Waals surface area (Å²) in [6.07, 6.45) is 2.29. The van der Waals surface area contributed by atoms with Gasteiger partial charge in [-0.25, -0.2) is 0 Å². The van der Waals surface area contributed by atoms with Gasteiger partial charge >= 0.3 is 0 Å². The number of carbonyl (C=O) groups is 1. The van der Waals surface area contributed by atoms with E-state index in [0.717, 1.165) is 29.5 Å². The fourth-order valence-corrected chi connectivity index (χ4v) is 4.01. The summed E-state index contributed by atoms with van der Waals surface area (Å²) in [6.45, 7) is 1.90. The Morgan fingerprint density at radius 3 is 2.62 bits per heavy atom. The Hall–Kier alpha value is -2.11. The number of rotatable bonds is 6. The fourth-order valence-electron chi connectivity index (χ4n) is 2.87. The van der Waals surface area contributed by atoms with E-state index in [0.29, 0.717) is 16.5 Å². The molecule has 1 unspecified atom stereocenters. The number of benzene rings is 2. The van der Waals surface area contributed by atoms with Crippen molar-refractivity contribution in [1.82, 2.24) is 14.8 Å². The van der Waals surface area contributed by atoms with E-state index in [9.17, 15) is 4.79 Å². The van der Waals surface area contributed by atoms with Crippen molar-refractivity contribution in [1.29, 1.82) is 0 Å². The smallest absolute Gasteiger partial charge is 0.196 e. The van der Waals surface area contributed by atoms with Crippen LogP contribution in [0.15, 0.2) is 59.8 Å². The Bertz CT molecular complexity index is 937. The van der Waals surface area contributed by atoms with E-state index in [2.05, 4.69) is 14.8 Å². The maximum absolute atomic E-state index is 12.8. The molecular formula is C20H18ClN3OS. The zero-order chi connectivity index (χ0) is 18.1. The highest BCUT2D eigenvalue weighted by molar-refractivity contribution is 8.00. The molecule has 4 rings (SSSR count). The van der Waals surface area contributed by atoms with Gasteiger partial charge < -0.3 is 0 Å². The summed E-state index contributed by atoms with van der Waals surface area (Å²) in [7, 11) is 0. The molecule has 0 amide bonds. The third-order valence-electron chi connectivity index (χ3n) is 4.38. The molecule has 26 heavy (non-hydrogen) atoms. The van der Waals surface area contributed by atoms with Crippen molar-refractivity contribution < 1.29 is 4.79 Å². The Kier molecular flexibility index (Phi) is 4.83. The highest BCUT2D eigenvalue weighted by Gasteiger charge is 2.32. The second-order valence-corrected chi connectivity index (χ2v) is 8.17. The molecule has 3 aromatic rings. The number of thioether (sulfide) groups is 1. The molecule has 1 heterocycles. The number of halogens is 1. The van der Waals surface area contributed by atoms with Crippen molar-refractivity contribution in [2.45, 2.75) is 36.1 Å². The minimum Gasteiger partial charge on any atom is -0.293 e. The summed E-state index contributed by atoms with van der Waals surface area (Å²) in [5.41, 5.74) is 1.65. The monoisotopic (exact) mass is 383 g/mol. The van der Waals surface area contributed by atoms with Crippen LogP contribution in [0.5, 0.6) is 0 Å². The molecule has 0 spiro atoms. The number of nitrogens with zero attached hydrogens (tertiary/aromatic N) is 3. The van der Waals surface area contributed by atoms with Crippen molar-refractivity contribution >= 4 is 29.1 Å². The van der Waals surface area contributed by atoms with Crippen LogP contribution in [0, 0.1) is 0 Å². The Balaban J connectivity index is 1.63. The van der Waals surface area contributed by atoms with E-state index in [-0.39, 0.29) is 11.0 Å². The third-order valence-corrected chi connectivity index (χ3v) is 5.65. The molecule has 0 bridgehead atoms. The standard InChI is InChI=1S/C20H18ClN3OS/c1-13(18(25)15-6-5-7-16(21)12-15)26-20-23-22-19(14-10-11-14)24(20)17-8-3-2-4-9-17/h2-9,12-14H,10-11H2,1H3. The van der Waals surface area contributed by atoms with Crippen molar-refractivity contribution in [3.05, 3.63) is 71.0 Å². The van der Waals surface area contributed by atoms with Gasteiger partial charge in [0.2, 0.25) is 0 Å². The molecule has 1 atom stereocenters. The van der Waals surface area contributed by atoms with Crippen LogP contribution in [-0.4, -0.2) is 25.8 Å². The number of Topliss-reactive ketones (excluding diaryl/α,β-unsaturated/α-hetero) is 1. The van der Waals surface area contributed by atoms with E-state index in [1.165, 1.54) is 11.8 Å². The topological polar surface area (TPSA) is 47.8 Å². The number of hydrogen-bond donors (Lipinski definition) is 0. The van der Waals surface area contributed by atoms with Gasteiger partial charge in [0.1, 0.15) is 5.82 Å². The summed E-state index contributed by atoms with van der Waals surface area (Å²) in [4.78, 5) is 12.8. The van der Waals surface area contributed by atoms with E-state index < -0.39 is 0 Å². The van der Waals surface area contributed by atoms with Crippen LogP contribution >= 0.6 is 23.4 Å². The minimum atomic E-state index is -0.285. The fraction of sp³-hybridized carbons (Fsp3) is 0.250. The minimum absolute atomic E-state index is 0.0353. The lowest BCUT2D eigenvalue weighted by Gasteiger charge is -2.13. The van der Waals surface area contributed by atoms with Gasteiger partial charge in [-0.3, -0.25) is 9.36 Å². The first kappa shape index (κ1) is 17.3. The number of aromatic nitrogens is 3. The molecule has 0 radical (unpaired) electrons. The van der Waals surface area contributed by atoms with Crippen molar-refractivity contribution in [2.75, 3.05) is 0 Å². The Morgan fingerprint density at radius 1 is 1.15 bits per heavy atom. The molecule has 1 saturated carbocycles. The maximum atomic E-state index is 12.8. The molecule has 0 saturated heterocycles. The summed E-state index contributed by atoms with van der Waals surface area (Å²) >= 11 is 7.46. The van der Waals surface area contributed by atoms with Crippen LogP contribution in [-0.2, 0) is 0 Å². The molecule has 4 nitrogen and oxygen atoms in total. The van der Waals surface area contributed by atoms with Gasteiger partial charge in [0, 0.05) is 22.2 Å². The Morgan fingerprint density at radius 2 is 1.92 bits per heavy atom. The van der Waals surface area contributed by atoms with Crippen molar-refractivity contribution in [3.63, 3.8) is 0 Å². The molecule has 0 N–H and O–H groups in total. The van der Waals surface area contributed by atoms with Gasteiger partial charge in [0.25, 0.3) is 0 Å². The number of para-hydroxylation sites is 1. The third kappa shape index (κ3) is 3.55. The van der Waals surface area contributed by atoms with E-state index >= 15 is 0 Å². The molecule has 1 aliphatic rings. The van der Waals surface area contributed by atoms with Gasteiger partial charge in [-0.05, 0) is 44.0 Å². The number of hydrogen-bond acceptors (Lipinski definition) is 4. The summed E-state index contributed by atoms with van der Waals surface area (Å²) in [5, 5.41) is 9.83.